The molecule has 1 N–H and O–H groups in total. The molecular weight excluding hydrogens is 396 g/mol. The fraction of sp³-hybridized carbons (Fsp3) is 0.296. The molecule has 1 aliphatic rings. The van der Waals surface area contributed by atoms with E-state index in [9.17, 15) is 4.79 Å². The van der Waals surface area contributed by atoms with Gasteiger partial charge in [-0.25, -0.2) is 0 Å². The van der Waals surface area contributed by atoms with Crippen LogP contribution in [0.25, 0.3) is 22.2 Å². The average Bonchev–Trinajstić information content (AvgIpc) is 3.22. The van der Waals surface area contributed by atoms with Gasteiger partial charge in [0, 0.05) is 65.1 Å². The first kappa shape index (κ1) is 20.4. The Morgan fingerprint density at radius 3 is 2.56 bits per heavy atom. The third kappa shape index (κ3) is 3.79. The van der Waals surface area contributed by atoms with Crippen molar-refractivity contribution in [1.29, 1.82) is 0 Å². The van der Waals surface area contributed by atoms with Crippen LogP contribution in [0.3, 0.4) is 0 Å². The predicted molar refractivity (Wildman–Crippen MR) is 128 cm³/mol. The molecule has 162 valence electrons. The number of pyridine rings is 2. The number of nitrogens with one attached hydrogen (secondary N) is 1. The molecule has 5 heteroatoms. The molecule has 32 heavy (non-hydrogen) atoms. The van der Waals surface area contributed by atoms with Gasteiger partial charge in [-0.2, -0.15) is 0 Å². The highest BCUT2D eigenvalue weighted by Crippen LogP contribution is 2.35. The molecule has 0 radical (unpaired) electrons. The second-order valence-corrected chi connectivity index (χ2v) is 8.63. The van der Waals surface area contributed by atoms with Crippen LogP contribution >= 0.6 is 0 Å². The molecule has 1 amide bonds. The highest BCUT2D eigenvalue weighted by molar-refractivity contribution is 5.94. The lowest BCUT2D eigenvalue weighted by atomic mass is 9.88. The smallest absolute Gasteiger partial charge is 0.253 e. The van der Waals surface area contributed by atoms with Crippen molar-refractivity contribution < 1.29 is 4.79 Å². The summed E-state index contributed by atoms with van der Waals surface area (Å²) in [5.41, 5.74) is 8.05. The van der Waals surface area contributed by atoms with Gasteiger partial charge in [-0.15, -0.1) is 0 Å². The van der Waals surface area contributed by atoms with Crippen molar-refractivity contribution in [2.24, 2.45) is 0 Å². The number of hydrogen-bond acceptors (Lipinski definition) is 3. The summed E-state index contributed by atoms with van der Waals surface area (Å²) in [5.74, 6) is 0.588. The van der Waals surface area contributed by atoms with Crippen LogP contribution in [0.2, 0.25) is 0 Å². The molecule has 1 saturated heterocycles. The van der Waals surface area contributed by atoms with Crippen LogP contribution in [0.1, 0.15) is 52.9 Å². The third-order valence-corrected chi connectivity index (χ3v) is 6.65. The summed E-state index contributed by atoms with van der Waals surface area (Å²) in [5, 5.41) is 1.31. The van der Waals surface area contributed by atoms with E-state index in [2.05, 4.69) is 52.2 Å². The highest BCUT2D eigenvalue weighted by atomic mass is 16.2. The van der Waals surface area contributed by atoms with E-state index in [1.54, 1.807) is 24.5 Å². The van der Waals surface area contributed by atoms with Crippen molar-refractivity contribution >= 4 is 16.8 Å². The zero-order chi connectivity index (χ0) is 22.1. The number of carbonyl (C=O) groups excluding carboxylic acids is 1. The van der Waals surface area contributed by atoms with Crippen LogP contribution in [-0.4, -0.2) is 38.8 Å². The number of benzene rings is 1. The topological polar surface area (TPSA) is 61.9 Å². The van der Waals surface area contributed by atoms with E-state index in [0.29, 0.717) is 5.92 Å². The molecule has 0 aliphatic carbocycles. The Bertz CT molecular complexity index is 1250. The number of aromatic amines is 1. The maximum atomic E-state index is 12.8. The molecule has 0 bridgehead atoms. The summed E-state index contributed by atoms with van der Waals surface area (Å²) < 4.78 is 0. The van der Waals surface area contributed by atoms with Crippen LogP contribution < -0.4 is 0 Å². The minimum absolute atomic E-state index is 0.109. The van der Waals surface area contributed by atoms with Crippen molar-refractivity contribution in [1.82, 2.24) is 19.9 Å². The maximum absolute atomic E-state index is 12.8. The first-order valence-electron chi connectivity index (χ1n) is 11.4. The lowest BCUT2D eigenvalue weighted by Gasteiger charge is -2.32. The number of rotatable bonds is 4. The number of aromatic nitrogens is 3. The Hall–Kier alpha value is -3.47. The van der Waals surface area contributed by atoms with E-state index in [0.717, 1.165) is 43.6 Å². The van der Waals surface area contributed by atoms with E-state index < -0.39 is 0 Å². The van der Waals surface area contributed by atoms with E-state index in [1.165, 1.54) is 33.3 Å². The number of amides is 1. The number of carbonyl (C=O) groups is 1. The van der Waals surface area contributed by atoms with Gasteiger partial charge in [0.25, 0.3) is 5.91 Å². The molecule has 1 fully saturated rings. The van der Waals surface area contributed by atoms with E-state index >= 15 is 0 Å². The number of nitrogens with zero attached hydrogens (tertiary/aromatic N) is 3. The molecule has 5 nitrogen and oxygen atoms in total. The maximum Gasteiger partial charge on any atom is 0.253 e. The Morgan fingerprint density at radius 1 is 1.06 bits per heavy atom. The molecule has 3 aromatic heterocycles. The Kier molecular flexibility index (Phi) is 5.48. The van der Waals surface area contributed by atoms with Crippen molar-refractivity contribution in [2.75, 3.05) is 13.1 Å². The molecule has 1 aromatic carbocycles. The second-order valence-electron chi connectivity index (χ2n) is 8.63. The van der Waals surface area contributed by atoms with E-state index in [4.69, 9.17) is 0 Å². The molecule has 0 spiro atoms. The van der Waals surface area contributed by atoms with Crippen molar-refractivity contribution in [3.63, 3.8) is 0 Å². The van der Waals surface area contributed by atoms with Gasteiger partial charge in [-0.05, 0) is 79.6 Å². The molecule has 0 unspecified atom stereocenters. The van der Waals surface area contributed by atoms with Crippen molar-refractivity contribution in [3.05, 3.63) is 83.4 Å². The fourth-order valence-corrected chi connectivity index (χ4v) is 4.93. The number of likely N-dealkylation sites (tertiary alicyclic amines) is 1. The van der Waals surface area contributed by atoms with Gasteiger partial charge >= 0.3 is 0 Å². The number of aryl methyl sites for hydroxylation is 2. The summed E-state index contributed by atoms with van der Waals surface area (Å²) >= 11 is 0. The summed E-state index contributed by atoms with van der Waals surface area (Å²) in [6.07, 6.45) is 8.19. The second kappa shape index (κ2) is 8.58. The summed E-state index contributed by atoms with van der Waals surface area (Å²) in [4.78, 5) is 26.7. The Morgan fingerprint density at radius 2 is 1.84 bits per heavy atom. The van der Waals surface area contributed by atoms with E-state index in [-0.39, 0.29) is 5.91 Å². The minimum atomic E-state index is 0.109. The van der Waals surface area contributed by atoms with Gasteiger partial charge in [0.2, 0.25) is 0 Å². The number of piperidine rings is 1. The number of hydrogen-bond donors (Lipinski definition) is 1. The molecule has 0 atom stereocenters. The standard InChI is InChI=1S/C27H28N4O/c1-3-23-24-17-21(4-5-25(24)30-26(23)22-8-13-29-18(2)16-22)19-9-14-31(15-10-19)27(32)20-6-11-28-12-7-20/h4-8,11-13,16-17,19,30H,3,9-10,14-15H2,1-2H3. The largest absolute Gasteiger partial charge is 0.354 e. The fourth-order valence-electron chi connectivity index (χ4n) is 4.93. The number of H-pyrrole nitrogens is 1. The van der Waals surface area contributed by atoms with Crippen LogP contribution in [0, 0.1) is 6.92 Å². The average molecular weight is 425 g/mol. The SMILES string of the molecule is CCc1c(-c2ccnc(C)c2)[nH]c2ccc(C3CCN(C(=O)c4ccncc4)CC3)cc12. The first-order valence-corrected chi connectivity index (χ1v) is 11.4. The van der Waals surface area contributed by atoms with Crippen molar-refractivity contribution in [2.45, 2.75) is 39.0 Å². The first-order chi connectivity index (χ1) is 15.6. The molecule has 4 aromatic rings. The van der Waals surface area contributed by atoms with E-state index in [1.807, 2.05) is 18.0 Å². The van der Waals surface area contributed by atoms with Gasteiger partial charge in [0.1, 0.15) is 0 Å². The summed E-state index contributed by atoms with van der Waals surface area (Å²) in [6, 6.07) is 14.6. The van der Waals surface area contributed by atoms with Gasteiger partial charge in [0.15, 0.2) is 0 Å². The summed E-state index contributed by atoms with van der Waals surface area (Å²) in [7, 11) is 0. The Balaban J connectivity index is 1.38. The summed E-state index contributed by atoms with van der Waals surface area (Å²) in [6.45, 7) is 5.83. The minimum Gasteiger partial charge on any atom is -0.354 e. The van der Waals surface area contributed by atoms with Gasteiger partial charge < -0.3 is 9.88 Å². The van der Waals surface area contributed by atoms with Gasteiger partial charge in [-0.3, -0.25) is 14.8 Å². The molecule has 5 rings (SSSR count). The van der Waals surface area contributed by atoms with Gasteiger partial charge in [-0.1, -0.05) is 13.0 Å². The lowest BCUT2D eigenvalue weighted by molar-refractivity contribution is 0.0713. The molecular formula is C27H28N4O. The molecule has 4 heterocycles. The highest BCUT2D eigenvalue weighted by Gasteiger charge is 2.25. The third-order valence-electron chi connectivity index (χ3n) is 6.65. The number of fused-ring (bicyclic) bond motifs is 1. The predicted octanol–water partition coefficient (Wildman–Crippen LogP) is 5.52. The normalized spacial score (nSPS) is 14.8. The molecule has 1 aliphatic heterocycles. The zero-order valence-electron chi connectivity index (χ0n) is 18.6. The quantitative estimate of drug-likeness (QED) is 0.469. The zero-order valence-corrected chi connectivity index (χ0v) is 18.6. The van der Waals surface area contributed by atoms with Crippen LogP contribution in [0.4, 0.5) is 0 Å². The molecule has 0 saturated carbocycles. The van der Waals surface area contributed by atoms with Crippen LogP contribution in [-0.2, 0) is 6.42 Å². The van der Waals surface area contributed by atoms with Gasteiger partial charge in [0.05, 0.1) is 0 Å². The Labute approximate surface area is 188 Å². The van der Waals surface area contributed by atoms with Crippen molar-refractivity contribution in [3.8, 4) is 11.3 Å². The van der Waals surface area contributed by atoms with Crippen LogP contribution in [0.15, 0.2) is 61.1 Å². The van der Waals surface area contributed by atoms with Crippen LogP contribution in [0.5, 0.6) is 0 Å². The lowest BCUT2D eigenvalue weighted by Crippen LogP contribution is -2.37. The monoisotopic (exact) mass is 424 g/mol.